The molecule has 0 spiro atoms. The molecule has 1 aliphatic carbocycles. The number of nitrogens with zero attached hydrogens (tertiary/aromatic N) is 1. The largest absolute Gasteiger partial charge is 0.312 e. The Labute approximate surface area is 126 Å². The summed E-state index contributed by atoms with van der Waals surface area (Å²) in [5.41, 5.74) is 0. The molecule has 2 rings (SSSR count). The van der Waals surface area contributed by atoms with Gasteiger partial charge >= 0.3 is 0 Å². The quantitative estimate of drug-likeness (QED) is 0.752. The van der Waals surface area contributed by atoms with E-state index < -0.39 is 0 Å². The Morgan fingerprint density at radius 2 is 1.75 bits per heavy atom. The minimum Gasteiger partial charge on any atom is -0.312 e. The molecular formula is C18H36N2. The van der Waals surface area contributed by atoms with Crippen LogP contribution in [0.3, 0.4) is 0 Å². The van der Waals surface area contributed by atoms with Crippen LogP contribution < -0.4 is 5.32 Å². The molecule has 0 aromatic heterocycles. The molecule has 1 saturated carbocycles. The predicted octanol–water partition coefficient (Wildman–Crippen LogP) is 4.20. The zero-order valence-corrected chi connectivity index (χ0v) is 13.9. The number of hydrogen-bond acceptors (Lipinski definition) is 2. The van der Waals surface area contributed by atoms with Crippen LogP contribution in [0.4, 0.5) is 0 Å². The molecule has 1 saturated heterocycles. The molecule has 20 heavy (non-hydrogen) atoms. The van der Waals surface area contributed by atoms with Crippen molar-refractivity contribution in [1.82, 2.24) is 10.2 Å². The topological polar surface area (TPSA) is 15.3 Å². The van der Waals surface area contributed by atoms with Gasteiger partial charge in [-0.1, -0.05) is 39.5 Å². The van der Waals surface area contributed by atoms with E-state index in [0.717, 1.165) is 18.0 Å². The van der Waals surface area contributed by atoms with Crippen LogP contribution in [0.5, 0.6) is 0 Å². The minimum atomic E-state index is 0.752. The SMILES string of the molecule is CCCNC(CN1CCCCC1CC)C1CCCCC1. The second kappa shape index (κ2) is 9.04. The summed E-state index contributed by atoms with van der Waals surface area (Å²) < 4.78 is 0. The Morgan fingerprint density at radius 3 is 2.45 bits per heavy atom. The van der Waals surface area contributed by atoms with Gasteiger partial charge in [0.2, 0.25) is 0 Å². The first-order valence-corrected chi connectivity index (χ1v) is 9.32. The van der Waals surface area contributed by atoms with Gasteiger partial charge in [-0.05, 0) is 57.5 Å². The molecule has 118 valence electrons. The molecule has 1 heterocycles. The average Bonchev–Trinajstić information content (AvgIpc) is 2.52. The van der Waals surface area contributed by atoms with Crippen LogP contribution >= 0.6 is 0 Å². The summed E-state index contributed by atoms with van der Waals surface area (Å²) in [7, 11) is 0. The summed E-state index contributed by atoms with van der Waals surface area (Å²) in [6.07, 6.45) is 14.2. The number of likely N-dealkylation sites (tertiary alicyclic amines) is 1. The van der Waals surface area contributed by atoms with Crippen LogP contribution in [0.15, 0.2) is 0 Å². The molecule has 1 aliphatic heterocycles. The standard InChI is InChI=1S/C18H36N2/c1-3-13-19-18(16-10-6-5-7-11-16)15-20-14-9-8-12-17(20)4-2/h16-19H,3-15H2,1-2H3. The lowest BCUT2D eigenvalue weighted by Gasteiger charge is -2.40. The van der Waals surface area contributed by atoms with Crippen LogP contribution in [-0.4, -0.2) is 36.6 Å². The van der Waals surface area contributed by atoms with E-state index in [1.54, 1.807) is 0 Å². The molecule has 2 unspecified atom stereocenters. The number of rotatable bonds is 7. The second-order valence-corrected chi connectivity index (χ2v) is 7.01. The fraction of sp³-hybridized carbons (Fsp3) is 1.00. The zero-order valence-electron chi connectivity index (χ0n) is 13.9. The fourth-order valence-electron chi connectivity index (χ4n) is 4.26. The van der Waals surface area contributed by atoms with E-state index in [4.69, 9.17) is 0 Å². The first-order chi connectivity index (χ1) is 9.85. The maximum atomic E-state index is 3.89. The summed E-state index contributed by atoms with van der Waals surface area (Å²) in [4.78, 5) is 2.81. The van der Waals surface area contributed by atoms with Crippen molar-refractivity contribution in [3.05, 3.63) is 0 Å². The fourth-order valence-corrected chi connectivity index (χ4v) is 4.26. The third-order valence-corrected chi connectivity index (χ3v) is 5.53. The van der Waals surface area contributed by atoms with Gasteiger partial charge in [-0.2, -0.15) is 0 Å². The van der Waals surface area contributed by atoms with Crippen molar-refractivity contribution >= 4 is 0 Å². The Hall–Kier alpha value is -0.0800. The third-order valence-electron chi connectivity index (χ3n) is 5.53. The molecule has 0 radical (unpaired) electrons. The molecule has 2 fully saturated rings. The Kier molecular flexibility index (Phi) is 7.37. The maximum Gasteiger partial charge on any atom is 0.0223 e. The Balaban J connectivity index is 1.90. The normalized spacial score (nSPS) is 27.6. The molecule has 2 heteroatoms. The number of piperidine rings is 1. The predicted molar refractivity (Wildman–Crippen MR) is 88.2 cm³/mol. The molecule has 2 aliphatic rings. The first-order valence-electron chi connectivity index (χ1n) is 9.32. The van der Waals surface area contributed by atoms with Gasteiger partial charge in [0.1, 0.15) is 0 Å². The van der Waals surface area contributed by atoms with Gasteiger partial charge in [0.25, 0.3) is 0 Å². The van der Waals surface area contributed by atoms with Crippen molar-refractivity contribution in [2.24, 2.45) is 5.92 Å². The van der Waals surface area contributed by atoms with Crippen molar-refractivity contribution < 1.29 is 0 Å². The van der Waals surface area contributed by atoms with E-state index in [-0.39, 0.29) is 0 Å². The highest BCUT2D eigenvalue weighted by atomic mass is 15.2. The van der Waals surface area contributed by atoms with Gasteiger partial charge in [0.05, 0.1) is 0 Å². The van der Waals surface area contributed by atoms with Crippen LogP contribution in [0.1, 0.15) is 78.1 Å². The van der Waals surface area contributed by atoms with Gasteiger partial charge in [-0.3, -0.25) is 4.90 Å². The highest BCUT2D eigenvalue weighted by molar-refractivity contribution is 4.85. The lowest BCUT2D eigenvalue weighted by atomic mass is 9.83. The summed E-state index contributed by atoms with van der Waals surface area (Å²) in [6, 6.07) is 1.61. The van der Waals surface area contributed by atoms with Crippen molar-refractivity contribution in [2.45, 2.75) is 90.1 Å². The van der Waals surface area contributed by atoms with Gasteiger partial charge in [-0.25, -0.2) is 0 Å². The van der Waals surface area contributed by atoms with E-state index >= 15 is 0 Å². The van der Waals surface area contributed by atoms with E-state index in [9.17, 15) is 0 Å². The molecular weight excluding hydrogens is 244 g/mol. The van der Waals surface area contributed by atoms with E-state index in [2.05, 4.69) is 24.1 Å². The van der Waals surface area contributed by atoms with Gasteiger partial charge in [-0.15, -0.1) is 0 Å². The Morgan fingerprint density at radius 1 is 1.00 bits per heavy atom. The molecule has 2 atom stereocenters. The minimum absolute atomic E-state index is 0.752. The van der Waals surface area contributed by atoms with Crippen molar-refractivity contribution in [3.8, 4) is 0 Å². The second-order valence-electron chi connectivity index (χ2n) is 7.01. The third kappa shape index (κ3) is 4.73. The summed E-state index contributed by atoms with van der Waals surface area (Å²) in [5, 5.41) is 3.89. The molecule has 0 aromatic carbocycles. The van der Waals surface area contributed by atoms with Crippen molar-refractivity contribution in [3.63, 3.8) is 0 Å². The molecule has 0 aromatic rings. The molecule has 0 amide bonds. The lowest BCUT2D eigenvalue weighted by Crippen LogP contribution is -2.50. The highest BCUT2D eigenvalue weighted by Gasteiger charge is 2.28. The Bertz CT molecular complexity index is 248. The van der Waals surface area contributed by atoms with Crippen molar-refractivity contribution in [1.29, 1.82) is 0 Å². The smallest absolute Gasteiger partial charge is 0.0223 e. The van der Waals surface area contributed by atoms with E-state index in [1.165, 1.54) is 83.8 Å². The average molecular weight is 280 g/mol. The van der Waals surface area contributed by atoms with Gasteiger partial charge in [0, 0.05) is 18.6 Å². The van der Waals surface area contributed by atoms with Crippen LogP contribution in [0.25, 0.3) is 0 Å². The summed E-state index contributed by atoms with van der Waals surface area (Å²) in [6.45, 7) is 8.52. The van der Waals surface area contributed by atoms with E-state index in [0.29, 0.717) is 0 Å². The highest BCUT2D eigenvalue weighted by Crippen LogP contribution is 2.28. The number of nitrogens with one attached hydrogen (secondary N) is 1. The molecule has 1 N–H and O–H groups in total. The number of hydrogen-bond donors (Lipinski definition) is 1. The molecule has 2 nitrogen and oxygen atoms in total. The van der Waals surface area contributed by atoms with Gasteiger partial charge < -0.3 is 5.32 Å². The lowest BCUT2D eigenvalue weighted by molar-refractivity contribution is 0.108. The zero-order chi connectivity index (χ0) is 14.2. The van der Waals surface area contributed by atoms with E-state index in [1.807, 2.05) is 0 Å². The van der Waals surface area contributed by atoms with Crippen LogP contribution in [0.2, 0.25) is 0 Å². The van der Waals surface area contributed by atoms with Gasteiger partial charge in [0.15, 0.2) is 0 Å². The maximum absolute atomic E-state index is 3.89. The summed E-state index contributed by atoms with van der Waals surface area (Å²) in [5.74, 6) is 0.940. The monoisotopic (exact) mass is 280 g/mol. The molecule has 0 bridgehead atoms. The first kappa shape index (κ1) is 16.3. The summed E-state index contributed by atoms with van der Waals surface area (Å²) >= 11 is 0. The van der Waals surface area contributed by atoms with Crippen LogP contribution in [0, 0.1) is 5.92 Å². The van der Waals surface area contributed by atoms with Crippen LogP contribution in [-0.2, 0) is 0 Å². The van der Waals surface area contributed by atoms with Crippen molar-refractivity contribution in [2.75, 3.05) is 19.6 Å².